The Bertz CT molecular complexity index is 348. The predicted octanol–water partition coefficient (Wildman–Crippen LogP) is 3.88. The summed E-state index contributed by atoms with van der Waals surface area (Å²) in [5, 5.41) is 2.76. The van der Waals surface area contributed by atoms with Crippen LogP contribution >= 0.6 is 0 Å². The molecule has 0 spiro atoms. The first-order valence-corrected chi connectivity index (χ1v) is 11.9. The first kappa shape index (κ1) is 19.2. The third-order valence-electron chi connectivity index (χ3n) is 5.38. The zero-order valence-electron chi connectivity index (χ0n) is 14.6. The van der Waals surface area contributed by atoms with Gasteiger partial charge in [-0.2, -0.15) is 0 Å². The van der Waals surface area contributed by atoms with Gasteiger partial charge in [-0.1, -0.05) is 64.2 Å². The predicted molar refractivity (Wildman–Crippen MR) is 92.6 cm³/mol. The minimum atomic E-state index is -0.962. The van der Waals surface area contributed by atoms with Gasteiger partial charge in [0.05, 0.1) is 14.7 Å². The maximum Gasteiger partial charge on any atom is 0.328 e. The van der Waals surface area contributed by atoms with Crippen LogP contribution in [0.4, 0.5) is 0 Å². The van der Waals surface area contributed by atoms with Gasteiger partial charge in [-0.25, -0.2) is 4.79 Å². The molecule has 0 radical (unpaired) electrons. The molecule has 0 aliphatic carbocycles. The molecule has 1 aliphatic heterocycles. The number of ether oxygens (including phenoxy) is 1. The molecule has 0 aromatic rings. The number of unbranched alkanes of at least 4 members (excludes halogenated alkanes) is 3. The summed E-state index contributed by atoms with van der Waals surface area (Å²) in [6.45, 7) is 7.51. The second kappa shape index (κ2) is 10.0. The molecular formula is C17H33NO3Si. The standard InChI is InChI=1S/C17H33NO3Si/c1-4-22(5-2,6-3)14-10-8-7-9-11-16(19)18-15-12-13-21-17(15)20/h15H,4-14H2,1-3H3,(H,18,19)/t15-/m0/s1. The highest BCUT2D eigenvalue weighted by atomic mass is 28.3. The van der Waals surface area contributed by atoms with Crippen molar-refractivity contribution < 1.29 is 14.3 Å². The van der Waals surface area contributed by atoms with Crippen molar-refractivity contribution in [2.45, 2.75) is 89.5 Å². The van der Waals surface area contributed by atoms with Gasteiger partial charge in [-0.3, -0.25) is 4.79 Å². The zero-order chi connectivity index (χ0) is 16.4. The molecule has 1 N–H and O–H groups in total. The molecule has 0 aromatic heterocycles. The number of carbonyl (C=O) groups excluding carboxylic acids is 2. The van der Waals surface area contributed by atoms with Crippen LogP contribution in [-0.4, -0.2) is 32.6 Å². The third-order valence-corrected chi connectivity index (χ3v) is 11.3. The van der Waals surface area contributed by atoms with Crippen molar-refractivity contribution in [1.82, 2.24) is 5.32 Å². The Morgan fingerprint density at radius 2 is 1.77 bits per heavy atom. The molecule has 1 atom stereocenters. The van der Waals surface area contributed by atoms with Gasteiger partial charge in [-0.05, 0) is 6.42 Å². The molecule has 22 heavy (non-hydrogen) atoms. The SMILES string of the molecule is CC[Si](CC)(CC)CCCCCCC(=O)N[C@H]1CCOC1=O. The van der Waals surface area contributed by atoms with Gasteiger partial charge in [0, 0.05) is 12.8 Å². The zero-order valence-corrected chi connectivity index (χ0v) is 15.6. The van der Waals surface area contributed by atoms with Crippen molar-refractivity contribution in [1.29, 1.82) is 0 Å². The lowest BCUT2D eigenvalue weighted by Crippen LogP contribution is -2.37. The molecule has 0 aromatic carbocycles. The summed E-state index contributed by atoms with van der Waals surface area (Å²) in [4.78, 5) is 23.0. The van der Waals surface area contributed by atoms with Crippen molar-refractivity contribution in [2.24, 2.45) is 0 Å². The molecule has 0 unspecified atom stereocenters. The van der Waals surface area contributed by atoms with Gasteiger partial charge < -0.3 is 10.1 Å². The Morgan fingerprint density at radius 3 is 2.32 bits per heavy atom. The van der Waals surface area contributed by atoms with Gasteiger partial charge in [-0.15, -0.1) is 0 Å². The Balaban J connectivity index is 2.07. The van der Waals surface area contributed by atoms with E-state index in [-0.39, 0.29) is 11.9 Å². The Hall–Kier alpha value is -0.843. The maximum absolute atomic E-state index is 11.8. The molecule has 4 nitrogen and oxygen atoms in total. The lowest BCUT2D eigenvalue weighted by molar-refractivity contribution is -0.141. The second-order valence-electron chi connectivity index (χ2n) is 6.55. The molecule has 1 aliphatic rings. The van der Waals surface area contributed by atoms with Crippen molar-refractivity contribution in [3.05, 3.63) is 0 Å². The second-order valence-corrected chi connectivity index (χ2v) is 12.2. The monoisotopic (exact) mass is 327 g/mol. The van der Waals surface area contributed by atoms with Crippen LogP contribution in [0.25, 0.3) is 0 Å². The number of hydrogen-bond donors (Lipinski definition) is 1. The van der Waals surface area contributed by atoms with Crippen LogP contribution in [0.1, 0.15) is 59.3 Å². The van der Waals surface area contributed by atoms with Crippen molar-refractivity contribution in [2.75, 3.05) is 6.61 Å². The van der Waals surface area contributed by atoms with Crippen LogP contribution in [-0.2, 0) is 14.3 Å². The van der Waals surface area contributed by atoms with E-state index in [0.29, 0.717) is 19.4 Å². The highest BCUT2D eigenvalue weighted by Gasteiger charge is 2.27. The summed E-state index contributed by atoms with van der Waals surface area (Å²) in [7, 11) is -0.962. The van der Waals surface area contributed by atoms with Crippen molar-refractivity contribution in [3.63, 3.8) is 0 Å². The summed E-state index contributed by atoms with van der Waals surface area (Å²) in [6, 6.07) is 5.24. The van der Waals surface area contributed by atoms with E-state index in [1.54, 1.807) is 0 Å². The van der Waals surface area contributed by atoms with E-state index in [1.165, 1.54) is 37.0 Å². The van der Waals surface area contributed by atoms with Crippen LogP contribution in [0.5, 0.6) is 0 Å². The smallest absolute Gasteiger partial charge is 0.328 e. The van der Waals surface area contributed by atoms with E-state index in [9.17, 15) is 9.59 Å². The highest BCUT2D eigenvalue weighted by molar-refractivity contribution is 6.79. The quantitative estimate of drug-likeness (QED) is 0.356. The Kier molecular flexibility index (Phi) is 8.76. The lowest BCUT2D eigenvalue weighted by Gasteiger charge is -2.28. The Morgan fingerprint density at radius 1 is 1.14 bits per heavy atom. The van der Waals surface area contributed by atoms with Crippen LogP contribution in [0.2, 0.25) is 24.2 Å². The minimum Gasteiger partial charge on any atom is -0.464 e. The largest absolute Gasteiger partial charge is 0.464 e. The summed E-state index contributed by atoms with van der Waals surface area (Å²) in [5.74, 6) is -0.295. The van der Waals surface area contributed by atoms with Gasteiger partial charge in [0.15, 0.2) is 0 Å². The van der Waals surface area contributed by atoms with Gasteiger partial charge >= 0.3 is 5.97 Å². The molecule has 0 saturated carbocycles. The first-order valence-electron chi connectivity index (χ1n) is 9.03. The van der Waals surface area contributed by atoms with Gasteiger partial charge in [0.1, 0.15) is 6.04 Å². The van der Waals surface area contributed by atoms with Crippen LogP contribution < -0.4 is 5.32 Å². The number of nitrogens with one attached hydrogen (secondary N) is 1. The van der Waals surface area contributed by atoms with E-state index in [4.69, 9.17) is 4.74 Å². The fraction of sp³-hybridized carbons (Fsp3) is 0.882. The molecule has 5 heteroatoms. The average molecular weight is 328 g/mol. The summed E-state index contributed by atoms with van der Waals surface area (Å²) >= 11 is 0. The highest BCUT2D eigenvalue weighted by Crippen LogP contribution is 2.27. The molecule has 1 fully saturated rings. The molecule has 1 amide bonds. The number of cyclic esters (lactones) is 1. The van der Waals surface area contributed by atoms with Crippen molar-refractivity contribution >= 4 is 20.0 Å². The number of rotatable bonds is 11. The number of hydrogen-bond acceptors (Lipinski definition) is 3. The Labute approximate surface area is 136 Å². The fourth-order valence-corrected chi connectivity index (χ4v) is 6.87. The average Bonchev–Trinajstić information content (AvgIpc) is 2.92. The summed E-state index contributed by atoms with van der Waals surface area (Å²) in [5.41, 5.74) is 0. The first-order chi connectivity index (χ1) is 10.6. The minimum absolute atomic E-state index is 0.0109. The normalized spacial score (nSPS) is 18.3. The van der Waals surface area contributed by atoms with Crippen molar-refractivity contribution in [3.8, 4) is 0 Å². The molecule has 0 bridgehead atoms. The molecule has 1 saturated heterocycles. The van der Waals surface area contributed by atoms with Crippen LogP contribution in [0.3, 0.4) is 0 Å². The van der Waals surface area contributed by atoms with E-state index in [1.807, 2.05) is 0 Å². The van der Waals surface area contributed by atoms with E-state index in [2.05, 4.69) is 26.1 Å². The third kappa shape index (κ3) is 6.11. The number of carbonyl (C=O) groups is 2. The molecule has 1 heterocycles. The lowest BCUT2D eigenvalue weighted by atomic mass is 10.1. The van der Waals surface area contributed by atoms with Crippen LogP contribution in [0.15, 0.2) is 0 Å². The number of esters is 1. The van der Waals surface area contributed by atoms with Crippen LogP contribution in [0, 0.1) is 0 Å². The maximum atomic E-state index is 11.8. The van der Waals surface area contributed by atoms with Gasteiger partial charge in [0.25, 0.3) is 0 Å². The molecule has 128 valence electrons. The van der Waals surface area contributed by atoms with E-state index < -0.39 is 14.1 Å². The van der Waals surface area contributed by atoms with E-state index >= 15 is 0 Å². The fourth-order valence-electron chi connectivity index (χ4n) is 3.31. The van der Waals surface area contributed by atoms with Gasteiger partial charge in [0.2, 0.25) is 5.91 Å². The topological polar surface area (TPSA) is 55.4 Å². The molecular weight excluding hydrogens is 294 g/mol. The van der Waals surface area contributed by atoms with E-state index in [0.717, 1.165) is 12.8 Å². The number of amides is 1. The summed E-state index contributed by atoms with van der Waals surface area (Å²) < 4.78 is 4.84. The molecule has 1 rings (SSSR count). The summed E-state index contributed by atoms with van der Waals surface area (Å²) in [6.07, 6.45) is 5.73.